The number of hydrogen-bond acceptors (Lipinski definition) is 10. The Balaban J connectivity index is 0. The van der Waals surface area contributed by atoms with Crippen LogP contribution in [0.1, 0.15) is 20.8 Å². The number of aliphatic hydroxyl groups is 5. The van der Waals surface area contributed by atoms with E-state index in [1.807, 2.05) is 12.1 Å². The van der Waals surface area contributed by atoms with Crippen LogP contribution in [-0.4, -0.2) is 93.0 Å². The maximum absolute atomic E-state index is 9.90. The van der Waals surface area contributed by atoms with Crippen LogP contribution in [-0.2, 0) is 9.59 Å². The third kappa shape index (κ3) is 12.3. The van der Waals surface area contributed by atoms with Crippen LogP contribution in [0.3, 0.4) is 0 Å². The molecule has 0 radical (unpaired) electrons. The highest BCUT2D eigenvalue weighted by Crippen LogP contribution is 2.15. The Kier molecular flexibility index (Phi) is 16.5. The molecule has 1 rings (SSSR count). The van der Waals surface area contributed by atoms with Gasteiger partial charge in [-0.25, -0.2) is 0 Å². The molecule has 10 N–H and O–H groups in total. The molecule has 11 nitrogen and oxygen atoms in total. The van der Waals surface area contributed by atoms with Gasteiger partial charge in [-0.1, -0.05) is 0 Å². The lowest BCUT2D eigenvalue weighted by Crippen LogP contribution is -2.46. The van der Waals surface area contributed by atoms with Gasteiger partial charge >= 0.3 is 5.97 Å². The second-order valence-corrected chi connectivity index (χ2v) is 6.25. The van der Waals surface area contributed by atoms with E-state index >= 15 is 0 Å². The van der Waals surface area contributed by atoms with Crippen LogP contribution in [0.2, 0.25) is 0 Å². The smallest absolute Gasteiger partial charge is 0.320 e. The van der Waals surface area contributed by atoms with Crippen LogP contribution < -0.4 is 16.4 Å². The highest BCUT2D eigenvalue weighted by Gasteiger charge is 2.29. The number of nitrogens with two attached hydrogens (primary N) is 2. The van der Waals surface area contributed by atoms with Crippen LogP contribution in [0.4, 0.5) is 11.4 Å². The number of nitrogen functional groups attached to an aromatic ring is 1. The predicted molar refractivity (Wildman–Crippen MR) is 113 cm³/mol. The van der Waals surface area contributed by atoms with Crippen molar-refractivity contribution >= 4 is 23.6 Å². The summed E-state index contributed by atoms with van der Waals surface area (Å²) in [5.74, 6) is -0.963. The molecule has 0 aliphatic carbocycles. The maximum Gasteiger partial charge on any atom is 0.320 e. The number of aliphatic hydroxyl groups excluding tert-OH is 5. The fourth-order valence-corrected chi connectivity index (χ4v) is 1.89. The third-order valence-electron chi connectivity index (χ3n) is 3.83. The van der Waals surface area contributed by atoms with Crippen LogP contribution in [0.5, 0.6) is 0 Å². The zero-order valence-corrected chi connectivity index (χ0v) is 17.5. The fourth-order valence-electron chi connectivity index (χ4n) is 1.89. The Morgan fingerprint density at radius 2 is 1.50 bits per heavy atom. The minimum Gasteiger partial charge on any atom is -0.480 e. The molecule has 1 aromatic carbocycles. The summed E-state index contributed by atoms with van der Waals surface area (Å²) >= 11 is 0. The summed E-state index contributed by atoms with van der Waals surface area (Å²) in [6, 6.07) is 7.26. The standard InChI is InChI=1S/C10H16N2.C6H12O6.C3H7NO2/c1-3-12(4-2)10-7-5-9(11)6-8-10;7-1-3(9)5(11)6(12)4(10)2-8;1-2(4)3(5)6/h5-8H,3-4,11H2,1-2H3;1,3-6,8-12H,2H2;2H,4H2,1H3,(H,5,6)/t;3-,4+,5+,6-;2-/m.00/s1. The lowest BCUT2D eigenvalue weighted by molar-refractivity contribution is -0.138. The largest absolute Gasteiger partial charge is 0.480 e. The first-order chi connectivity index (χ1) is 14.0. The van der Waals surface area contributed by atoms with Crippen molar-refractivity contribution in [3.05, 3.63) is 24.3 Å². The van der Waals surface area contributed by atoms with Gasteiger partial charge in [0.2, 0.25) is 0 Å². The molecule has 0 heterocycles. The molecule has 0 aromatic heterocycles. The Hall–Kier alpha value is -2.28. The SMILES string of the molecule is CCN(CC)c1ccc(N)cc1.C[C@H](N)C(=O)O.O=C[C@H](O)[C@@H](O)[C@@H](O)[C@H](O)CO. The number of carbonyl (C=O) groups excluding carboxylic acids is 1. The minimum absolute atomic E-state index is 0.0258. The van der Waals surface area contributed by atoms with Crippen molar-refractivity contribution in [1.29, 1.82) is 0 Å². The average Bonchev–Trinajstić information content (AvgIpc) is 2.74. The first kappa shape index (κ1) is 29.9. The van der Waals surface area contributed by atoms with Gasteiger partial charge in [-0.2, -0.15) is 0 Å². The molecule has 0 spiro atoms. The number of hydrogen-bond donors (Lipinski definition) is 8. The maximum atomic E-state index is 9.90. The van der Waals surface area contributed by atoms with Crippen LogP contribution in [0.25, 0.3) is 0 Å². The number of benzene rings is 1. The van der Waals surface area contributed by atoms with Crippen molar-refractivity contribution in [2.24, 2.45) is 5.73 Å². The number of anilines is 2. The highest BCUT2D eigenvalue weighted by molar-refractivity contribution is 5.72. The molecule has 11 heteroatoms. The number of carboxylic acids is 1. The van der Waals surface area contributed by atoms with Crippen LogP contribution in [0.15, 0.2) is 24.3 Å². The summed E-state index contributed by atoms with van der Waals surface area (Å²) in [5, 5.41) is 51.4. The number of carboxylic acid groups (broad SMARTS) is 1. The van der Waals surface area contributed by atoms with Crippen molar-refractivity contribution in [3.63, 3.8) is 0 Å². The molecular weight excluding hydrogens is 398 g/mol. The first-order valence-corrected chi connectivity index (χ1v) is 9.33. The normalized spacial score (nSPS) is 15.1. The molecule has 0 aliphatic heterocycles. The van der Waals surface area contributed by atoms with E-state index in [9.17, 15) is 9.59 Å². The van der Waals surface area contributed by atoms with Gasteiger partial charge in [-0.15, -0.1) is 0 Å². The lowest BCUT2D eigenvalue weighted by Gasteiger charge is -2.22. The number of aliphatic carboxylic acids is 1. The predicted octanol–water partition coefficient (Wildman–Crippen LogP) is -1.85. The molecule has 0 unspecified atom stereocenters. The van der Waals surface area contributed by atoms with Crippen molar-refractivity contribution in [2.75, 3.05) is 30.3 Å². The molecule has 0 saturated heterocycles. The zero-order valence-electron chi connectivity index (χ0n) is 17.5. The van der Waals surface area contributed by atoms with E-state index in [4.69, 9.17) is 42.1 Å². The van der Waals surface area contributed by atoms with Crippen LogP contribution in [0, 0.1) is 0 Å². The van der Waals surface area contributed by atoms with Gasteiger partial charge in [0.25, 0.3) is 0 Å². The fraction of sp³-hybridized carbons (Fsp3) is 0.579. The van der Waals surface area contributed by atoms with Gasteiger partial charge in [-0.05, 0) is 45.0 Å². The van der Waals surface area contributed by atoms with Gasteiger partial charge in [-0.3, -0.25) is 4.79 Å². The molecular formula is C19H35N3O8. The van der Waals surface area contributed by atoms with E-state index in [0.717, 1.165) is 18.8 Å². The van der Waals surface area contributed by atoms with Crippen molar-refractivity contribution in [3.8, 4) is 0 Å². The Morgan fingerprint density at radius 1 is 1.07 bits per heavy atom. The van der Waals surface area contributed by atoms with Gasteiger partial charge in [0, 0.05) is 24.5 Å². The summed E-state index contributed by atoms with van der Waals surface area (Å²) in [6.45, 7) is 7.05. The Morgan fingerprint density at radius 3 is 1.80 bits per heavy atom. The summed E-state index contributed by atoms with van der Waals surface area (Å²) in [6.07, 6.45) is -6.84. The van der Waals surface area contributed by atoms with E-state index in [1.54, 1.807) is 0 Å². The van der Waals surface area contributed by atoms with Gasteiger partial charge in [0.1, 0.15) is 30.5 Å². The monoisotopic (exact) mass is 433 g/mol. The van der Waals surface area contributed by atoms with Gasteiger partial charge in [0.15, 0.2) is 6.29 Å². The molecule has 1 aromatic rings. The minimum atomic E-state index is -1.79. The Bertz CT molecular complexity index is 582. The van der Waals surface area contributed by atoms with E-state index < -0.39 is 43.0 Å². The molecule has 0 saturated carbocycles. The third-order valence-corrected chi connectivity index (χ3v) is 3.83. The zero-order chi connectivity index (χ0) is 23.9. The van der Waals surface area contributed by atoms with Gasteiger partial charge < -0.3 is 51.8 Å². The van der Waals surface area contributed by atoms with E-state index in [1.165, 1.54) is 12.6 Å². The van der Waals surface area contributed by atoms with E-state index in [2.05, 4.69) is 30.9 Å². The second kappa shape index (κ2) is 16.5. The topological polar surface area (TPSA) is 211 Å². The number of nitrogens with zero attached hydrogens (tertiary/aromatic N) is 1. The molecule has 0 fully saturated rings. The molecule has 0 amide bonds. The van der Waals surface area contributed by atoms with Crippen molar-refractivity contribution in [1.82, 2.24) is 0 Å². The number of rotatable bonds is 9. The van der Waals surface area contributed by atoms with E-state index in [0.29, 0.717) is 0 Å². The summed E-state index contributed by atoms with van der Waals surface area (Å²) in [4.78, 5) is 21.8. The lowest BCUT2D eigenvalue weighted by atomic mass is 10.0. The summed E-state index contributed by atoms with van der Waals surface area (Å²) in [5.41, 5.74) is 12.5. The quantitative estimate of drug-likeness (QED) is 0.160. The number of carbonyl (C=O) groups is 2. The van der Waals surface area contributed by atoms with Crippen molar-refractivity contribution < 1.29 is 40.2 Å². The van der Waals surface area contributed by atoms with E-state index in [-0.39, 0.29) is 6.29 Å². The average molecular weight is 434 g/mol. The highest BCUT2D eigenvalue weighted by atomic mass is 16.4. The summed E-state index contributed by atoms with van der Waals surface area (Å²) < 4.78 is 0. The number of aldehydes is 1. The summed E-state index contributed by atoms with van der Waals surface area (Å²) in [7, 11) is 0. The first-order valence-electron chi connectivity index (χ1n) is 9.33. The molecule has 30 heavy (non-hydrogen) atoms. The van der Waals surface area contributed by atoms with Crippen LogP contribution >= 0.6 is 0 Å². The molecule has 0 bridgehead atoms. The van der Waals surface area contributed by atoms with Gasteiger partial charge in [0.05, 0.1) is 6.61 Å². The molecule has 5 atom stereocenters. The second-order valence-electron chi connectivity index (χ2n) is 6.25. The van der Waals surface area contributed by atoms with Crippen molar-refractivity contribution in [2.45, 2.75) is 51.2 Å². The molecule has 0 aliphatic rings. The molecule has 174 valence electrons. The Labute approximate surface area is 176 Å².